The number of nitro benzene ring substituents is 1. The van der Waals surface area contributed by atoms with Gasteiger partial charge >= 0.3 is 0 Å². The zero-order chi connectivity index (χ0) is 15.3. The Balaban J connectivity index is 2.20. The van der Waals surface area contributed by atoms with Crippen LogP contribution in [0.3, 0.4) is 0 Å². The average molecular weight is 293 g/mol. The molecule has 1 aromatic heterocycles. The summed E-state index contributed by atoms with van der Waals surface area (Å²) in [4.78, 5) is 15.1. The lowest BCUT2D eigenvalue weighted by Gasteiger charge is -2.23. The highest BCUT2D eigenvalue weighted by Crippen LogP contribution is 2.49. The van der Waals surface area contributed by atoms with Gasteiger partial charge in [-0.05, 0) is 17.7 Å². The number of hydrogen-bond donors (Lipinski definition) is 1. The summed E-state index contributed by atoms with van der Waals surface area (Å²) in [5.74, 6) is 0.433. The van der Waals surface area contributed by atoms with Crippen molar-refractivity contribution in [3.63, 3.8) is 0 Å². The van der Waals surface area contributed by atoms with Gasteiger partial charge < -0.3 is 10.1 Å². The van der Waals surface area contributed by atoms with Crippen molar-refractivity contribution in [2.24, 2.45) is 0 Å². The molecule has 0 amide bonds. The van der Waals surface area contributed by atoms with Crippen LogP contribution in [0, 0.1) is 10.1 Å². The Kier molecular flexibility index (Phi) is 2.53. The van der Waals surface area contributed by atoms with Crippen LogP contribution < -0.4 is 10.1 Å². The number of para-hydroxylation sites is 1. The molecule has 0 atom stereocenters. The van der Waals surface area contributed by atoms with E-state index in [0.717, 1.165) is 16.8 Å². The predicted octanol–water partition coefficient (Wildman–Crippen LogP) is 3.88. The second-order valence-electron chi connectivity index (χ2n) is 4.98. The van der Waals surface area contributed by atoms with Gasteiger partial charge in [0.2, 0.25) is 0 Å². The fourth-order valence-electron chi connectivity index (χ4n) is 2.91. The minimum absolute atomic E-state index is 0.0568. The van der Waals surface area contributed by atoms with Gasteiger partial charge in [0.1, 0.15) is 5.75 Å². The van der Waals surface area contributed by atoms with Crippen LogP contribution in [0.15, 0.2) is 42.6 Å². The third kappa shape index (κ3) is 1.57. The van der Waals surface area contributed by atoms with Crippen LogP contribution in [0.4, 0.5) is 17.1 Å². The van der Waals surface area contributed by atoms with Crippen molar-refractivity contribution >= 4 is 28.0 Å². The molecular formula is C16H11N3O3. The van der Waals surface area contributed by atoms with Gasteiger partial charge in [-0.3, -0.25) is 10.1 Å². The molecule has 1 N–H and O–H groups in total. The van der Waals surface area contributed by atoms with Crippen LogP contribution in [0.1, 0.15) is 0 Å². The molecule has 0 bridgehead atoms. The number of nitrogens with one attached hydrogen (secondary N) is 1. The van der Waals surface area contributed by atoms with Crippen LogP contribution >= 0.6 is 0 Å². The van der Waals surface area contributed by atoms with Gasteiger partial charge in [-0.1, -0.05) is 18.2 Å². The Morgan fingerprint density at radius 2 is 2.05 bits per heavy atom. The van der Waals surface area contributed by atoms with E-state index < -0.39 is 4.92 Å². The smallest absolute Gasteiger partial charge is 0.299 e. The molecule has 6 nitrogen and oxygen atoms in total. The van der Waals surface area contributed by atoms with E-state index in [1.807, 2.05) is 30.3 Å². The first kappa shape index (κ1) is 12.6. The lowest BCUT2D eigenvalue weighted by molar-refractivity contribution is -0.383. The van der Waals surface area contributed by atoms with Crippen molar-refractivity contribution in [1.82, 2.24) is 4.98 Å². The third-order valence-corrected chi connectivity index (χ3v) is 3.85. The standard InChI is InChI=1S/C16H11N3O3/c1-22-13-8-12(19(20)21)15-14-10(6-7-17-15)9-4-2-3-5-11(9)18-16(13)14/h2-8,18H,1H3. The maximum atomic E-state index is 11.3. The van der Waals surface area contributed by atoms with E-state index in [-0.39, 0.29) is 5.69 Å². The maximum Gasteiger partial charge on any atom is 0.299 e. The third-order valence-electron chi connectivity index (χ3n) is 3.85. The summed E-state index contributed by atoms with van der Waals surface area (Å²) in [6.07, 6.45) is 1.60. The van der Waals surface area contributed by atoms with Gasteiger partial charge in [0.05, 0.1) is 23.8 Å². The number of non-ortho nitro benzene ring substituents is 1. The zero-order valence-corrected chi connectivity index (χ0v) is 11.7. The maximum absolute atomic E-state index is 11.3. The minimum Gasteiger partial charge on any atom is -0.494 e. The summed E-state index contributed by atoms with van der Waals surface area (Å²) in [6.45, 7) is 0. The fraction of sp³-hybridized carbons (Fsp3) is 0.0625. The molecule has 0 spiro atoms. The number of nitro groups is 1. The van der Waals surface area contributed by atoms with E-state index in [1.54, 1.807) is 6.20 Å². The number of ether oxygens (including phenoxy) is 1. The number of methoxy groups -OCH3 is 1. The first-order chi connectivity index (χ1) is 10.7. The summed E-state index contributed by atoms with van der Waals surface area (Å²) in [5, 5.41) is 15.4. The van der Waals surface area contributed by atoms with Crippen LogP contribution in [0.2, 0.25) is 0 Å². The van der Waals surface area contributed by atoms with E-state index in [2.05, 4.69) is 10.3 Å². The summed E-state index contributed by atoms with van der Waals surface area (Å²) < 4.78 is 5.34. The Hall–Kier alpha value is -3.15. The molecule has 1 aliphatic heterocycles. The molecule has 0 fully saturated rings. The topological polar surface area (TPSA) is 77.3 Å². The number of hydrogen-bond acceptors (Lipinski definition) is 5. The Bertz CT molecular complexity index is 937. The van der Waals surface area contributed by atoms with E-state index in [0.29, 0.717) is 22.3 Å². The van der Waals surface area contributed by atoms with E-state index in [1.165, 1.54) is 13.2 Å². The molecule has 108 valence electrons. The Labute approximate surface area is 125 Å². The molecule has 2 heterocycles. The molecule has 22 heavy (non-hydrogen) atoms. The summed E-state index contributed by atoms with van der Waals surface area (Å²) in [7, 11) is 1.50. The highest BCUT2D eigenvalue weighted by molar-refractivity contribution is 6.14. The number of pyridine rings is 1. The van der Waals surface area contributed by atoms with E-state index >= 15 is 0 Å². The SMILES string of the molecule is COc1cc([N+](=O)[O-])c2nccc3c2c1Nc1ccccc1-3. The van der Waals surface area contributed by atoms with Crippen molar-refractivity contribution in [3.05, 3.63) is 52.7 Å². The normalized spacial score (nSPS) is 11.7. The Morgan fingerprint density at radius 1 is 1.23 bits per heavy atom. The summed E-state index contributed by atoms with van der Waals surface area (Å²) >= 11 is 0. The fourth-order valence-corrected chi connectivity index (χ4v) is 2.91. The highest BCUT2D eigenvalue weighted by atomic mass is 16.6. The number of nitrogens with zero attached hydrogens (tertiary/aromatic N) is 2. The van der Waals surface area contributed by atoms with Crippen LogP contribution in [-0.2, 0) is 0 Å². The van der Waals surface area contributed by atoms with Gasteiger partial charge in [-0.15, -0.1) is 0 Å². The van der Waals surface area contributed by atoms with Gasteiger partial charge in [0.25, 0.3) is 5.69 Å². The van der Waals surface area contributed by atoms with Crippen molar-refractivity contribution in [3.8, 4) is 16.9 Å². The molecule has 1 aliphatic rings. The van der Waals surface area contributed by atoms with E-state index in [9.17, 15) is 10.1 Å². The Morgan fingerprint density at radius 3 is 2.82 bits per heavy atom. The van der Waals surface area contributed by atoms with Gasteiger partial charge in [0.15, 0.2) is 5.52 Å². The van der Waals surface area contributed by atoms with Gasteiger partial charge in [0, 0.05) is 22.8 Å². The van der Waals surface area contributed by atoms with Gasteiger partial charge in [-0.25, -0.2) is 4.98 Å². The highest BCUT2D eigenvalue weighted by Gasteiger charge is 2.27. The number of fused-ring (bicyclic) bond motifs is 2. The number of benzene rings is 2. The van der Waals surface area contributed by atoms with Crippen molar-refractivity contribution in [2.75, 3.05) is 12.4 Å². The first-order valence-electron chi connectivity index (χ1n) is 6.71. The molecule has 4 rings (SSSR count). The number of anilines is 2. The zero-order valence-electron chi connectivity index (χ0n) is 11.7. The average Bonchev–Trinajstić information content (AvgIpc) is 2.55. The number of aromatic nitrogens is 1. The van der Waals surface area contributed by atoms with Gasteiger partial charge in [-0.2, -0.15) is 0 Å². The van der Waals surface area contributed by atoms with Crippen molar-refractivity contribution in [1.29, 1.82) is 0 Å². The largest absolute Gasteiger partial charge is 0.494 e. The van der Waals surface area contributed by atoms with Crippen LogP contribution in [0.5, 0.6) is 5.75 Å². The molecular weight excluding hydrogens is 282 g/mol. The lowest BCUT2D eigenvalue weighted by Crippen LogP contribution is -2.05. The van der Waals surface area contributed by atoms with Crippen LogP contribution in [-0.4, -0.2) is 17.0 Å². The molecule has 0 saturated carbocycles. The quantitative estimate of drug-likeness (QED) is 0.448. The molecule has 3 aromatic rings. The second-order valence-corrected chi connectivity index (χ2v) is 4.98. The minimum atomic E-state index is -0.432. The summed E-state index contributed by atoms with van der Waals surface area (Å²) in [5.41, 5.74) is 3.86. The molecule has 2 aromatic carbocycles. The lowest BCUT2D eigenvalue weighted by atomic mass is 9.94. The molecule has 0 unspecified atom stereocenters. The predicted molar refractivity (Wildman–Crippen MR) is 83.7 cm³/mol. The molecule has 0 aliphatic carbocycles. The van der Waals surface area contributed by atoms with E-state index in [4.69, 9.17) is 4.74 Å². The molecule has 0 saturated heterocycles. The first-order valence-corrected chi connectivity index (χ1v) is 6.71. The molecule has 6 heteroatoms. The van der Waals surface area contributed by atoms with Crippen molar-refractivity contribution < 1.29 is 9.66 Å². The monoisotopic (exact) mass is 293 g/mol. The number of rotatable bonds is 2. The van der Waals surface area contributed by atoms with Crippen molar-refractivity contribution in [2.45, 2.75) is 0 Å². The summed E-state index contributed by atoms with van der Waals surface area (Å²) in [6, 6.07) is 11.1. The van der Waals surface area contributed by atoms with Crippen LogP contribution in [0.25, 0.3) is 22.0 Å². The molecule has 0 radical (unpaired) electrons. The second kappa shape index (κ2) is 4.42.